The average molecular weight is 443 g/mol. The zero-order valence-corrected chi connectivity index (χ0v) is 18.3. The van der Waals surface area contributed by atoms with Crippen LogP contribution in [-0.2, 0) is 16.0 Å². The molecule has 0 aliphatic heterocycles. The van der Waals surface area contributed by atoms with Crippen LogP contribution >= 0.6 is 11.6 Å². The maximum atomic E-state index is 12.4. The van der Waals surface area contributed by atoms with E-state index in [2.05, 4.69) is 10.3 Å². The fraction of sp³-hybridized carbons (Fsp3) is 0.261. The molecule has 2 aromatic carbocycles. The van der Waals surface area contributed by atoms with Crippen molar-refractivity contribution in [2.45, 2.75) is 13.3 Å². The quantitative estimate of drug-likeness (QED) is 0.535. The van der Waals surface area contributed by atoms with Gasteiger partial charge in [0.15, 0.2) is 18.1 Å². The van der Waals surface area contributed by atoms with Gasteiger partial charge in [0.05, 0.1) is 31.0 Å². The summed E-state index contributed by atoms with van der Waals surface area (Å²) in [7, 11) is 3.14. The van der Waals surface area contributed by atoms with Crippen molar-refractivity contribution in [3.63, 3.8) is 0 Å². The third-order valence-corrected chi connectivity index (χ3v) is 4.94. The number of rotatable bonds is 8. The van der Waals surface area contributed by atoms with Crippen molar-refractivity contribution < 1.29 is 23.8 Å². The first kappa shape index (κ1) is 22.4. The maximum absolute atomic E-state index is 12.4. The number of amides is 1. The number of aromatic nitrogens is 1. The lowest BCUT2D eigenvalue weighted by Crippen LogP contribution is -2.30. The largest absolute Gasteiger partial charge is 0.493 e. The molecule has 162 valence electrons. The van der Waals surface area contributed by atoms with Crippen LogP contribution in [0.5, 0.6) is 11.5 Å². The molecule has 1 heterocycles. The number of aryl methyl sites for hydroxylation is 1. The maximum Gasteiger partial charge on any atom is 0.340 e. The van der Waals surface area contributed by atoms with Crippen molar-refractivity contribution in [3.05, 3.63) is 64.3 Å². The number of carbonyl (C=O) groups excluding carboxylic acids is 2. The van der Waals surface area contributed by atoms with E-state index < -0.39 is 5.97 Å². The molecular weight excluding hydrogens is 420 g/mol. The van der Waals surface area contributed by atoms with Gasteiger partial charge in [-0.3, -0.25) is 9.78 Å². The highest BCUT2D eigenvalue weighted by Crippen LogP contribution is 2.27. The van der Waals surface area contributed by atoms with E-state index in [1.54, 1.807) is 45.4 Å². The lowest BCUT2D eigenvalue weighted by Gasteiger charge is -2.11. The second-order valence-electron chi connectivity index (χ2n) is 6.82. The Bertz CT molecular complexity index is 1120. The Kier molecular flexibility index (Phi) is 7.31. The fourth-order valence-corrected chi connectivity index (χ4v) is 3.27. The number of benzene rings is 2. The number of hydrogen-bond donors (Lipinski definition) is 1. The first-order chi connectivity index (χ1) is 14.9. The van der Waals surface area contributed by atoms with Crippen LogP contribution in [0.3, 0.4) is 0 Å². The highest BCUT2D eigenvalue weighted by Gasteiger charge is 2.15. The van der Waals surface area contributed by atoms with Gasteiger partial charge >= 0.3 is 5.97 Å². The van der Waals surface area contributed by atoms with E-state index in [1.165, 1.54) is 0 Å². The summed E-state index contributed by atoms with van der Waals surface area (Å²) < 4.78 is 15.6. The third kappa shape index (κ3) is 5.64. The van der Waals surface area contributed by atoms with E-state index >= 15 is 0 Å². The van der Waals surface area contributed by atoms with Gasteiger partial charge in [-0.2, -0.15) is 0 Å². The molecular formula is C23H23ClN2O5. The molecule has 1 aromatic heterocycles. The second kappa shape index (κ2) is 10.1. The Morgan fingerprint density at radius 2 is 1.81 bits per heavy atom. The zero-order chi connectivity index (χ0) is 22.4. The molecule has 31 heavy (non-hydrogen) atoms. The Morgan fingerprint density at radius 1 is 1.03 bits per heavy atom. The molecule has 0 saturated heterocycles. The number of pyridine rings is 1. The minimum Gasteiger partial charge on any atom is -0.493 e. The van der Waals surface area contributed by atoms with Crippen molar-refractivity contribution in [2.75, 3.05) is 27.4 Å². The zero-order valence-electron chi connectivity index (χ0n) is 17.5. The summed E-state index contributed by atoms with van der Waals surface area (Å²) in [5.74, 6) is 0.272. The van der Waals surface area contributed by atoms with Gasteiger partial charge < -0.3 is 19.5 Å². The number of nitrogens with one attached hydrogen (secondary N) is 1. The topological polar surface area (TPSA) is 86.8 Å². The van der Waals surface area contributed by atoms with Crippen LogP contribution in [0.2, 0.25) is 5.02 Å². The Hall–Kier alpha value is -3.32. The molecule has 1 amide bonds. The van der Waals surface area contributed by atoms with Crippen LogP contribution in [0.15, 0.2) is 42.5 Å². The molecule has 3 aromatic rings. The van der Waals surface area contributed by atoms with E-state index in [9.17, 15) is 9.59 Å². The second-order valence-corrected chi connectivity index (χ2v) is 7.26. The number of hydrogen-bond acceptors (Lipinski definition) is 6. The predicted octanol–water partition coefficient (Wildman–Crippen LogP) is 3.73. The number of nitrogens with zero attached hydrogens (tertiary/aromatic N) is 1. The van der Waals surface area contributed by atoms with Crippen LogP contribution in [0.4, 0.5) is 0 Å². The summed E-state index contributed by atoms with van der Waals surface area (Å²) in [4.78, 5) is 28.9. The lowest BCUT2D eigenvalue weighted by atomic mass is 10.1. The van der Waals surface area contributed by atoms with Crippen molar-refractivity contribution in [1.82, 2.24) is 10.3 Å². The minimum atomic E-state index is -0.609. The summed E-state index contributed by atoms with van der Waals surface area (Å²) in [5, 5.41) is 4.01. The Morgan fingerprint density at radius 3 is 2.55 bits per heavy atom. The molecule has 0 radical (unpaired) electrons. The van der Waals surface area contributed by atoms with Gasteiger partial charge in [0, 0.05) is 17.0 Å². The SMILES string of the molecule is COc1ccc(CCNC(=O)COC(=O)c2cc3cc(Cl)ccc3nc2C)cc1OC. The van der Waals surface area contributed by atoms with E-state index in [1.807, 2.05) is 18.2 Å². The van der Waals surface area contributed by atoms with Crippen LogP contribution in [0.1, 0.15) is 21.6 Å². The van der Waals surface area contributed by atoms with E-state index in [0.29, 0.717) is 40.7 Å². The van der Waals surface area contributed by atoms with Gasteiger partial charge in [-0.15, -0.1) is 0 Å². The first-order valence-corrected chi connectivity index (χ1v) is 10.0. The number of esters is 1. The predicted molar refractivity (Wildman–Crippen MR) is 118 cm³/mol. The van der Waals surface area contributed by atoms with Crippen molar-refractivity contribution in [3.8, 4) is 11.5 Å². The van der Waals surface area contributed by atoms with Crippen molar-refractivity contribution >= 4 is 34.4 Å². The molecule has 0 unspecified atom stereocenters. The molecule has 0 spiro atoms. The van der Waals surface area contributed by atoms with E-state index in [4.69, 9.17) is 25.8 Å². The van der Waals surface area contributed by atoms with Gasteiger partial charge in [-0.1, -0.05) is 17.7 Å². The molecule has 0 fully saturated rings. The lowest BCUT2D eigenvalue weighted by molar-refractivity contribution is -0.124. The Labute approximate surface area is 185 Å². The van der Waals surface area contributed by atoms with Crippen molar-refractivity contribution in [2.24, 2.45) is 0 Å². The van der Waals surface area contributed by atoms with Gasteiger partial charge in [-0.25, -0.2) is 4.79 Å². The molecule has 0 aliphatic carbocycles. The minimum absolute atomic E-state index is 0.299. The van der Waals surface area contributed by atoms with Gasteiger partial charge in [0.25, 0.3) is 5.91 Å². The van der Waals surface area contributed by atoms with E-state index in [0.717, 1.165) is 16.5 Å². The first-order valence-electron chi connectivity index (χ1n) is 9.63. The molecule has 0 bridgehead atoms. The molecule has 1 N–H and O–H groups in total. The van der Waals surface area contributed by atoms with Crippen LogP contribution in [0, 0.1) is 6.92 Å². The number of halogens is 1. The summed E-state index contributed by atoms with van der Waals surface area (Å²) >= 11 is 6.01. The average Bonchev–Trinajstić information content (AvgIpc) is 2.77. The summed E-state index contributed by atoms with van der Waals surface area (Å²) in [6.45, 7) is 1.73. The summed E-state index contributed by atoms with van der Waals surface area (Å²) in [5.41, 5.74) is 2.53. The molecule has 8 heteroatoms. The fourth-order valence-electron chi connectivity index (χ4n) is 3.09. The summed E-state index contributed by atoms with van der Waals surface area (Å²) in [6, 6.07) is 12.5. The number of ether oxygens (including phenoxy) is 3. The van der Waals surface area contributed by atoms with Gasteiger partial charge in [-0.05, 0) is 55.3 Å². The molecule has 7 nitrogen and oxygen atoms in total. The van der Waals surface area contributed by atoms with Crippen molar-refractivity contribution in [1.29, 1.82) is 0 Å². The van der Waals surface area contributed by atoms with Gasteiger partial charge in [0.1, 0.15) is 0 Å². The number of methoxy groups -OCH3 is 2. The number of fused-ring (bicyclic) bond motifs is 1. The third-order valence-electron chi connectivity index (χ3n) is 4.71. The standard InChI is InChI=1S/C23H23ClN2O5/c1-14-18(12-16-11-17(24)5-6-19(16)26-14)23(28)31-13-22(27)25-9-8-15-4-7-20(29-2)21(10-15)30-3/h4-7,10-12H,8-9,13H2,1-3H3,(H,25,27). The highest BCUT2D eigenvalue weighted by atomic mass is 35.5. The molecule has 0 atom stereocenters. The van der Waals surface area contributed by atoms with Crippen LogP contribution in [0.25, 0.3) is 10.9 Å². The number of carbonyl (C=O) groups is 2. The highest BCUT2D eigenvalue weighted by molar-refractivity contribution is 6.31. The van der Waals surface area contributed by atoms with E-state index in [-0.39, 0.29) is 12.5 Å². The Balaban J connectivity index is 1.52. The molecule has 0 saturated carbocycles. The summed E-state index contributed by atoms with van der Waals surface area (Å²) in [6.07, 6.45) is 0.592. The normalized spacial score (nSPS) is 10.6. The van der Waals surface area contributed by atoms with Crippen LogP contribution in [-0.4, -0.2) is 44.2 Å². The van der Waals surface area contributed by atoms with Gasteiger partial charge in [0.2, 0.25) is 0 Å². The molecule has 3 rings (SSSR count). The molecule has 0 aliphatic rings. The smallest absolute Gasteiger partial charge is 0.340 e. The van der Waals surface area contributed by atoms with Crippen LogP contribution < -0.4 is 14.8 Å². The monoisotopic (exact) mass is 442 g/mol.